The molecule has 0 aliphatic rings. The van der Waals surface area contributed by atoms with Gasteiger partial charge in [-0.15, -0.1) is 0 Å². The third-order valence-electron chi connectivity index (χ3n) is 2.98. The van der Waals surface area contributed by atoms with Crippen molar-refractivity contribution >= 4 is 40.8 Å². The first-order valence-corrected chi connectivity index (χ1v) is 7.91. The Kier molecular flexibility index (Phi) is 6.91. The van der Waals surface area contributed by atoms with Gasteiger partial charge in [-0.3, -0.25) is 4.79 Å². The minimum absolute atomic E-state index is 0.272. The van der Waals surface area contributed by atoms with Crippen LogP contribution in [0.3, 0.4) is 0 Å². The molecule has 0 atom stereocenters. The van der Waals surface area contributed by atoms with Gasteiger partial charge in [0.25, 0.3) is 5.91 Å². The van der Waals surface area contributed by atoms with Gasteiger partial charge in [-0.05, 0) is 30.3 Å². The van der Waals surface area contributed by atoms with Gasteiger partial charge in [0, 0.05) is 5.02 Å². The van der Waals surface area contributed by atoms with Gasteiger partial charge < -0.3 is 19.5 Å². The Bertz CT molecular complexity index is 766. The van der Waals surface area contributed by atoms with Gasteiger partial charge in [-0.25, -0.2) is 4.79 Å². The number of carbonyl (C=O) groups is 2. The summed E-state index contributed by atoms with van der Waals surface area (Å²) in [5.74, 6) is -0.409. The highest BCUT2D eigenvalue weighted by atomic mass is 35.5. The summed E-state index contributed by atoms with van der Waals surface area (Å²) in [5.41, 5.74) is 0.482. The maximum absolute atomic E-state index is 11.8. The Morgan fingerprint density at radius 2 is 1.80 bits per heavy atom. The number of halogens is 2. The quantitative estimate of drug-likeness (QED) is 0.739. The molecule has 0 bridgehead atoms. The summed E-state index contributed by atoms with van der Waals surface area (Å²) in [6.45, 7) is -0.835. The number of amides is 1. The second kappa shape index (κ2) is 9.15. The predicted octanol–water partition coefficient (Wildman–Crippen LogP) is 3.56. The Morgan fingerprint density at radius 3 is 2.52 bits per heavy atom. The molecule has 0 spiro atoms. The van der Waals surface area contributed by atoms with Crippen molar-refractivity contribution in [3.63, 3.8) is 0 Å². The molecule has 0 saturated carbocycles. The fourth-order valence-electron chi connectivity index (χ4n) is 1.85. The fraction of sp³-hybridized carbons (Fsp3) is 0.176. The van der Waals surface area contributed by atoms with Crippen molar-refractivity contribution in [2.75, 3.05) is 25.6 Å². The molecular formula is C17H15Cl2NO5. The maximum atomic E-state index is 11.8. The number of methoxy groups -OCH3 is 1. The SMILES string of the molecule is COc1ccccc1NC(=O)COC(=O)COc1ccc(Cl)cc1Cl. The lowest BCUT2D eigenvalue weighted by atomic mass is 10.3. The van der Waals surface area contributed by atoms with E-state index in [0.29, 0.717) is 22.2 Å². The smallest absolute Gasteiger partial charge is 0.344 e. The number of carbonyl (C=O) groups excluding carboxylic acids is 2. The number of nitrogens with one attached hydrogen (secondary N) is 1. The van der Waals surface area contributed by atoms with Gasteiger partial charge in [-0.1, -0.05) is 35.3 Å². The van der Waals surface area contributed by atoms with Crippen molar-refractivity contribution in [1.29, 1.82) is 0 Å². The van der Waals surface area contributed by atoms with Crippen molar-refractivity contribution in [2.24, 2.45) is 0 Å². The first-order chi connectivity index (χ1) is 12.0. The highest BCUT2D eigenvalue weighted by molar-refractivity contribution is 6.35. The molecular weight excluding hydrogens is 369 g/mol. The molecule has 132 valence electrons. The van der Waals surface area contributed by atoms with Gasteiger partial charge in [0.05, 0.1) is 17.8 Å². The fourth-order valence-corrected chi connectivity index (χ4v) is 2.31. The predicted molar refractivity (Wildman–Crippen MR) is 94.5 cm³/mol. The molecule has 0 saturated heterocycles. The van der Waals surface area contributed by atoms with E-state index in [4.69, 9.17) is 37.4 Å². The van der Waals surface area contributed by atoms with Crippen LogP contribution in [0.25, 0.3) is 0 Å². The Balaban J connectivity index is 1.78. The number of hydrogen-bond acceptors (Lipinski definition) is 5. The molecule has 8 heteroatoms. The summed E-state index contributed by atoms with van der Waals surface area (Å²) in [6, 6.07) is 11.5. The minimum atomic E-state index is -0.707. The van der Waals surface area contributed by atoms with Crippen molar-refractivity contribution in [3.05, 3.63) is 52.5 Å². The van der Waals surface area contributed by atoms with Gasteiger partial charge >= 0.3 is 5.97 Å². The summed E-state index contributed by atoms with van der Waals surface area (Å²) in [5, 5.41) is 3.31. The summed E-state index contributed by atoms with van der Waals surface area (Å²) in [4.78, 5) is 23.5. The molecule has 0 heterocycles. The molecule has 25 heavy (non-hydrogen) atoms. The van der Waals surface area contributed by atoms with Crippen molar-refractivity contribution in [2.45, 2.75) is 0 Å². The van der Waals surface area contributed by atoms with Crippen LogP contribution < -0.4 is 14.8 Å². The second-order valence-electron chi connectivity index (χ2n) is 4.77. The van der Waals surface area contributed by atoms with Crippen molar-refractivity contribution < 1.29 is 23.8 Å². The van der Waals surface area contributed by atoms with Crippen LogP contribution in [0.5, 0.6) is 11.5 Å². The Morgan fingerprint density at radius 1 is 1.04 bits per heavy atom. The Labute approximate surface area is 154 Å². The molecule has 2 aromatic carbocycles. The average molecular weight is 384 g/mol. The summed E-state index contributed by atoms with van der Waals surface area (Å²) in [6.07, 6.45) is 0. The normalized spacial score (nSPS) is 10.0. The zero-order valence-corrected chi connectivity index (χ0v) is 14.8. The van der Waals surface area contributed by atoms with Crippen molar-refractivity contribution in [3.8, 4) is 11.5 Å². The van der Waals surface area contributed by atoms with E-state index in [1.807, 2.05) is 0 Å². The largest absolute Gasteiger partial charge is 0.495 e. The van der Waals surface area contributed by atoms with Crippen LogP contribution in [0.2, 0.25) is 10.0 Å². The van der Waals surface area contributed by atoms with Crippen molar-refractivity contribution in [1.82, 2.24) is 0 Å². The lowest BCUT2D eigenvalue weighted by Crippen LogP contribution is -2.23. The lowest BCUT2D eigenvalue weighted by Gasteiger charge is -2.10. The maximum Gasteiger partial charge on any atom is 0.344 e. The van der Waals surface area contributed by atoms with E-state index in [1.54, 1.807) is 30.3 Å². The number of ether oxygens (including phenoxy) is 3. The number of hydrogen-bond donors (Lipinski definition) is 1. The van der Waals surface area contributed by atoms with Gasteiger partial charge in [0.1, 0.15) is 11.5 Å². The standard InChI is InChI=1S/C17H15Cl2NO5/c1-23-15-5-3-2-4-13(15)20-16(21)9-25-17(22)10-24-14-7-6-11(18)8-12(14)19/h2-8H,9-10H2,1H3,(H,20,21). The van der Waals surface area contributed by atoms with Crippen LogP contribution >= 0.6 is 23.2 Å². The first-order valence-electron chi connectivity index (χ1n) is 7.16. The molecule has 1 amide bonds. The van der Waals surface area contributed by atoms with Crippen LogP contribution in [0, 0.1) is 0 Å². The van der Waals surface area contributed by atoms with Crippen LogP contribution in [-0.4, -0.2) is 32.2 Å². The molecule has 2 aromatic rings. The highest BCUT2D eigenvalue weighted by Crippen LogP contribution is 2.27. The number of esters is 1. The molecule has 0 aliphatic carbocycles. The highest BCUT2D eigenvalue weighted by Gasteiger charge is 2.12. The third kappa shape index (κ3) is 5.85. The summed E-state index contributed by atoms with van der Waals surface area (Å²) >= 11 is 11.7. The second-order valence-corrected chi connectivity index (χ2v) is 5.62. The summed E-state index contributed by atoms with van der Waals surface area (Å²) in [7, 11) is 1.49. The molecule has 0 aromatic heterocycles. The van der Waals surface area contributed by atoms with Crippen LogP contribution in [0.4, 0.5) is 5.69 Å². The third-order valence-corrected chi connectivity index (χ3v) is 3.52. The van der Waals surface area contributed by atoms with E-state index in [-0.39, 0.29) is 11.6 Å². The topological polar surface area (TPSA) is 73.9 Å². The van der Waals surface area contributed by atoms with Gasteiger partial charge in [0.15, 0.2) is 13.2 Å². The minimum Gasteiger partial charge on any atom is -0.495 e. The molecule has 0 unspecified atom stereocenters. The number of rotatable bonds is 7. The lowest BCUT2D eigenvalue weighted by molar-refractivity contribution is -0.149. The average Bonchev–Trinajstić information content (AvgIpc) is 2.59. The van der Waals surface area contributed by atoms with E-state index in [0.717, 1.165) is 0 Å². The molecule has 2 rings (SSSR count). The van der Waals surface area contributed by atoms with Crippen LogP contribution in [0.1, 0.15) is 0 Å². The van der Waals surface area contributed by atoms with E-state index in [2.05, 4.69) is 5.32 Å². The zero-order valence-electron chi connectivity index (χ0n) is 13.3. The zero-order chi connectivity index (χ0) is 18.2. The number of anilines is 1. The van der Waals surface area contributed by atoms with Gasteiger partial charge in [0.2, 0.25) is 0 Å². The monoisotopic (exact) mass is 383 g/mol. The van der Waals surface area contributed by atoms with E-state index < -0.39 is 18.5 Å². The molecule has 0 aliphatic heterocycles. The van der Waals surface area contributed by atoms with Crippen LogP contribution in [0.15, 0.2) is 42.5 Å². The first kappa shape index (κ1) is 18.9. The molecule has 0 fully saturated rings. The number of benzene rings is 2. The summed E-state index contributed by atoms with van der Waals surface area (Å²) < 4.78 is 15.2. The Hall–Kier alpha value is -2.44. The van der Waals surface area contributed by atoms with Crippen LogP contribution in [-0.2, 0) is 14.3 Å². The van der Waals surface area contributed by atoms with E-state index >= 15 is 0 Å². The van der Waals surface area contributed by atoms with Gasteiger partial charge in [-0.2, -0.15) is 0 Å². The molecule has 6 nitrogen and oxygen atoms in total. The van der Waals surface area contributed by atoms with E-state index in [9.17, 15) is 9.59 Å². The number of para-hydroxylation sites is 2. The van der Waals surface area contributed by atoms with E-state index in [1.165, 1.54) is 19.2 Å². The molecule has 1 N–H and O–H groups in total. The molecule has 0 radical (unpaired) electrons.